The molecular weight excluding hydrogens is 265 g/mol. The summed E-state index contributed by atoms with van der Waals surface area (Å²) < 4.78 is 13.7. The Morgan fingerprint density at radius 3 is 2.68 bits per heavy atom. The quantitative estimate of drug-likeness (QED) is 0.792. The van der Waals surface area contributed by atoms with Gasteiger partial charge in [0.05, 0.1) is 12.2 Å². The maximum atomic E-state index is 12.1. The normalized spacial score (nSPS) is 10.2. The second-order valence-electron chi connectivity index (χ2n) is 4.17. The minimum absolute atomic E-state index is 0. The lowest BCUT2D eigenvalue weighted by molar-refractivity contribution is 0.425. The molecule has 0 saturated heterocycles. The van der Waals surface area contributed by atoms with Crippen LogP contribution in [0.2, 0.25) is 0 Å². The van der Waals surface area contributed by atoms with E-state index in [0.717, 1.165) is 25.2 Å². The van der Waals surface area contributed by atoms with Crippen molar-refractivity contribution in [2.75, 3.05) is 13.2 Å². The molecule has 0 bridgehead atoms. The lowest BCUT2D eigenvalue weighted by Crippen LogP contribution is -2.17. The first-order valence-electron chi connectivity index (χ1n) is 6.21. The van der Waals surface area contributed by atoms with E-state index in [-0.39, 0.29) is 19.1 Å². The highest BCUT2D eigenvalue weighted by Crippen LogP contribution is 1.99. The lowest BCUT2D eigenvalue weighted by atomic mass is 10.1. The minimum atomic E-state index is -0.372. The molecule has 1 heterocycles. The molecule has 1 aromatic heterocycles. The average Bonchev–Trinajstić information content (AvgIpc) is 2.84. The topological polar surface area (TPSA) is 29.9 Å². The van der Waals surface area contributed by atoms with Crippen LogP contribution in [0.5, 0.6) is 0 Å². The van der Waals surface area contributed by atoms with Crippen molar-refractivity contribution in [1.29, 1.82) is 0 Å². The summed E-state index contributed by atoms with van der Waals surface area (Å²) in [6.07, 6.45) is 2.82. The third-order valence-corrected chi connectivity index (χ3v) is 2.75. The first-order chi connectivity index (χ1) is 8.88. The summed E-state index contributed by atoms with van der Waals surface area (Å²) in [5.74, 6) is 0. The Hall–Kier alpha value is -1.39. The highest BCUT2D eigenvalue weighted by atomic mass is 35.5. The minimum Gasteiger partial charge on any atom is -0.311 e. The number of hydrogen-bond donors (Lipinski definition) is 1. The molecule has 0 fully saturated rings. The van der Waals surface area contributed by atoms with Crippen molar-refractivity contribution in [2.24, 2.45) is 0 Å². The van der Waals surface area contributed by atoms with Gasteiger partial charge in [0.25, 0.3) is 0 Å². The van der Waals surface area contributed by atoms with Crippen molar-refractivity contribution in [3.8, 4) is 0 Å². The molecule has 0 saturated carbocycles. The van der Waals surface area contributed by atoms with Gasteiger partial charge in [-0.2, -0.15) is 5.10 Å². The van der Waals surface area contributed by atoms with Gasteiger partial charge >= 0.3 is 0 Å². The number of halogens is 2. The second kappa shape index (κ2) is 8.67. The van der Waals surface area contributed by atoms with Gasteiger partial charge in [0.1, 0.15) is 6.67 Å². The third kappa shape index (κ3) is 5.41. The number of alkyl halides is 1. The largest absolute Gasteiger partial charge is 0.311 e. The fourth-order valence-electron chi connectivity index (χ4n) is 1.80. The Balaban J connectivity index is 0.00000180. The summed E-state index contributed by atoms with van der Waals surface area (Å²) in [6, 6.07) is 12.3. The molecule has 0 aliphatic carbocycles. The third-order valence-electron chi connectivity index (χ3n) is 2.75. The molecule has 1 aromatic carbocycles. The van der Waals surface area contributed by atoms with E-state index >= 15 is 0 Å². The van der Waals surface area contributed by atoms with E-state index in [1.807, 2.05) is 30.5 Å². The summed E-state index contributed by atoms with van der Waals surface area (Å²) >= 11 is 0. The van der Waals surface area contributed by atoms with E-state index in [1.165, 1.54) is 5.56 Å². The van der Waals surface area contributed by atoms with Crippen molar-refractivity contribution in [3.63, 3.8) is 0 Å². The van der Waals surface area contributed by atoms with Gasteiger partial charge in [0, 0.05) is 12.7 Å². The number of aromatic nitrogens is 2. The highest BCUT2D eigenvalue weighted by molar-refractivity contribution is 5.85. The zero-order valence-electron chi connectivity index (χ0n) is 10.8. The van der Waals surface area contributed by atoms with E-state index in [1.54, 1.807) is 4.68 Å². The van der Waals surface area contributed by atoms with Crippen LogP contribution in [0.25, 0.3) is 0 Å². The summed E-state index contributed by atoms with van der Waals surface area (Å²) in [5.41, 5.74) is 2.28. The average molecular weight is 284 g/mol. The fraction of sp³-hybridized carbons (Fsp3) is 0.357. The van der Waals surface area contributed by atoms with Crippen molar-refractivity contribution in [3.05, 3.63) is 53.9 Å². The van der Waals surface area contributed by atoms with E-state index in [2.05, 4.69) is 22.5 Å². The first-order valence-corrected chi connectivity index (χ1v) is 6.21. The maximum Gasteiger partial charge on any atom is 0.109 e. The van der Waals surface area contributed by atoms with Crippen LogP contribution in [-0.4, -0.2) is 23.0 Å². The lowest BCUT2D eigenvalue weighted by Gasteiger charge is -2.03. The molecule has 19 heavy (non-hydrogen) atoms. The molecule has 0 amide bonds. The van der Waals surface area contributed by atoms with Crippen molar-refractivity contribution < 1.29 is 4.39 Å². The van der Waals surface area contributed by atoms with E-state index < -0.39 is 0 Å². The smallest absolute Gasteiger partial charge is 0.109 e. The van der Waals surface area contributed by atoms with Gasteiger partial charge in [-0.3, -0.25) is 4.68 Å². The Kier molecular flexibility index (Phi) is 7.15. The number of rotatable bonds is 7. The number of nitrogens with zero attached hydrogens (tertiary/aromatic N) is 2. The summed E-state index contributed by atoms with van der Waals surface area (Å²) in [6.45, 7) is 1.61. The standard InChI is InChI=1S/C14H18FN3.ClH/c15-8-11-18-10-7-14(17-18)12-16-9-6-13-4-2-1-3-5-13;/h1-5,7,10,16H,6,8-9,11-12H2;1H. The predicted octanol–water partition coefficient (Wildman–Crippen LogP) is 2.61. The van der Waals surface area contributed by atoms with Crippen LogP contribution in [0.4, 0.5) is 4.39 Å². The molecule has 5 heteroatoms. The molecule has 104 valence electrons. The van der Waals surface area contributed by atoms with Crippen LogP contribution in [-0.2, 0) is 19.5 Å². The van der Waals surface area contributed by atoms with Gasteiger partial charge in [-0.05, 0) is 24.6 Å². The molecule has 0 aliphatic heterocycles. The van der Waals surface area contributed by atoms with Crippen LogP contribution in [0.1, 0.15) is 11.3 Å². The van der Waals surface area contributed by atoms with Gasteiger partial charge in [0.15, 0.2) is 0 Å². The van der Waals surface area contributed by atoms with E-state index in [0.29, 0.717) is 6.54 Å². The molecule has 0 unspecified atom stereocenters. The molecule has 0 atom stereocenters. The van der Waals surface area contributed by atoms with Crippen molar-refractivity contribution in [1.82, 2.24) is 15.1 Å². The van der Waals surface area contributed by atoms with E-state index in [9.17, 15) is 4.39 Å². The Morgan fingerprint density at radius 2 is 1.95 bits per heavy atom. The van der Waals surface area contributed by atoms with E-state index in [4.69, 9.17) is 0 Å². The van der Waals surface area contributed by atoms with Gasteiger partial charge in [-0.25, -0.2) is 4.39 Å². The van der Waals surface area contributed by atoms with Gasteiger partial charge in [-0.1, -0.05) is 30.3 Å². The van der Waals surface area contributed by atoms with Gasteiger partial charge < -0.3 is 5.32 Å². The highest BCUT2D eigenvalue weighted by Gasteiger charge is 1.98. The molecular formula is C14H19ClFN3. The van der Waals surface area contributed by atoms with Crippen LogP contribution < -0.4 is 5.32 Å². The Morgan fingerprint density at radius 1 is 1.16 bits per heavy atom. The van der Waals surface area contributed by atoms with Crippen LogP contribution >= 0.6 is 12.4 Å². The van der Waals surface area contributed by atoms with Gasteiger partial charge in [-0.15, -0.1) is 12.4 Å². The first kappa shape index (κ1) is 15.7. The fourth-order valence-corrected chi connectivity index (χ4v) is 1.80. The van der Waals surface area contributed by atoms with Crippen molar-refractivity contribution in [2.45, 2.75) is 19.5 Å². The number of aryl methyl sites for hydroxylation is 1. The molecule has 0 aliphatic rings. The SMILES string of the molecule is Cl.FCCn1ccc(CNCCc2ccccc2)n1. The van der Waals surface area contributed by atoms with Crippen LogP contribution in [0.15, 0.2) is 42.6 Å². The zero-order valence-corrected chi connectivity index (χ0v) is 11.6. The zero-order chi connectivity index (χ0) is 12.6. The number of benzene rings is 1. The summed E-state index contributed by atoms with van der Waals surface area (Å²) in [5, 5.41) is 7.59. The number of nitrogens with one attached hydrogen (secondary N) is 1. The van der Waals surface area contributed by atoms with Crippen LogP contribution in [0, 0.1) is 0 Å². The molecule has 2 aromatic rings. The van der Waals surface area contributed by atoms with Crippen LogP contribution in [0.3, 0.4) is 0 Å². The monoisotopic (exact) mass is 283 g/mol. The molecule has 3 nitrogen and oxygen atoms in total. The van der Waals surface area contributed by atoms with Gasteiger partial charge in [0.2, 0.25) is 0 Å². The number of hydrogen-bond acceptors (Lipinski definition) is 2. The maximum absolute atomic E-state index is 12.1. The predicted molar refractivity (Wildman–Crippen MR) is 77.3 cm³/mol. The molecule has 1 N–H and O–H groups in total. The molecule has 0 radical (unpaired) electrons. The second-order valence-corrected chi connectivity index (χ2v) is 4.17. The molecule has 2 rings (SSSR count). The molecule has 0 spiro atoms. The summed E-state index contributed by atoms with van der Waals surface area (Å²) in [7, 11) is 0. The summed E-state index contributed by atoms with van der Waals surface area (Å²) in [4.78, 5) is 0. The van der Waals surface area contributed by atoms with Crippen molar-refractivity contribution >= 4 is 12.4 Å². The Bertz CT molecular complexity index is 459. The Labute approximate surface area is 119 Å².